The van der Waals surface area contributed by atoms with Crippen LogP contribution >= 0.6 is 0 Å². The quantitative estimate of drug-likeness (QED) is 0.544. The van der Waals surface area contributed by atoms with E-state index in [2.05, 4.69) is 0 Å². The van der Waals surface area contributed by atoms with Crippen molar-refractivity contribution < 1.29 is 4.74 Å². The molecule has 0 fully saturated rings. The summed E-state index contributed by atoms with van der Waals surface area (Å²) in [7, 11) is 0. The van der Waals surface area contributed by atoms with Gasteiger partial charge in [-0.15, -0.1) is 0 Å². The van der Waals surface area contributed by atoms with Gasteiger partial charge in [-0.3, -0.25) is 5.41 Å². The Bertz CT molecular complexity index is 297. The van der Waals surface area contributed by atoms with Crippen molar-refractivity contribution in [1.82, 2.24) is 0 Å². The lowest BCUT2D eigenvalue weighted by Gasteiger charge is -2.07. The molecule has 0 amide bonds. The van der Waals surface area contributed by atoms with Gasteiger partial charge in [-0.05, 0) is 18.6 Å². The lowest BCUT2D eigenvalue weighted by atomic mass is 10.2. The summed E-state index contributed by atoms with van der Waals surface area (Å²) >= 11 is 0. The molecule has 0 aromatic heterocycles. The molecule has 3 nitrogen and oxygen atoms in total. The van der Waals surface area contributed by atoms with E-state index in [9.17, 15) is 0 Å². The Morgan fingerprint density at radius 1 is 1.46 bits per heavy atom. The van der Waals surface area contributed by atoms with Crippen LogP contribution < -0.4 is 10.5 Å². The Hall–Kier alpha value is -1.51. The van der Waals surface area contributed by atoms with Crippen LogP contribution in [0.25, 0.3) is 0 Å². The van der Waals surface area contributed by atoms with Gasteiger partial charge in [0.2, 0.25) is 0 Å². The van der Waals surface area contributed by atoms with Crippen molar-refractivity contribution in [3.8, 4) is 5.75 Å². The average Bonchev–Trinajstić information content (AvgIpc) is 2.08. The minimum atomic E-state index is 0.161. The molecule has 1 aromatic carbocycles. The van der Waals surface area contributed by atoms with Crippen LogP contribution in [-0.4, -0.2) is 12.4 Å². The number of hydrogen-bond donors (Lipinski definition) is 2. The van der Waals surface area contributed by atoms with E-state index < -0.39 is 0 Å². The van der Waals surface area contributed by atoms with Crippen LogP contribution in [0.3, 0.4) is 0 Å². The highest BCUT2D eigenvalue weighted by molar-refractivity contribution is 5.76. The lowest BCUT2D eigenvalue weighted by molar-refractivity contribution is 0.326. The summed E-state index contributed by atoms with van der Waals surface area (Å²) in [5.41, 5.74) is 6.30. The summed E-state index contributed by atoms with van der Waals surface area (Å²) in [4.78, 5) is 0. The standard InChI is InChI=1S/C10H14N2O/c1-8-4-2-3-5-9(8)13-7-6-10(11)12/h2-5H,6-7H2,1H3,(H3,11,12). The first-order valence-electron chi connectivity index (χ1n) is 4.21. The number of benzene rings is 1. The van der Waals surface area contributed by atoms with Crippen molar-refractivity contribution in [1.29, 1.82) is 5.41 Å². The number of hydrogen-bond acceptors (Lipinski definition) is 2. The smallest absolute Gasteiger partial charge is 0.122 e. The number of rotatable bonds is 4. The maximum atomic E-state index is 7.01. The van der Waals surface area contributed by atoms with Gasteiger partial charge in [-0.2, -0.15) is 0 Å². The summed E-state index contributed by atoms with van der Waals surface area (Å²) in [6.45, 7) is 2.46. The monoisotopic (exact) mass is 178 g/mol. The molecule has 0 aliphatic heterocycles. The fourth-order valence-corrected chi connectivity index (χ4v) is 0.989. The molecule has 0 radical (unpaired) electrons. The van der Waals surface area contributed by atoms with E-state index in [1.54, 1.807) is 0 Å². The van der Waals surface area contributed by atoms with Gasteiger partial charge in [0.25, 0.3) is 0 Å². The van der Waals surface area contributed by atoms with Crippen LogP contribution in [0.15, 0.2) is 24.3 Å². The predicted octanol–water partition coefficient (Wildman–Crippen LogP) is 1.70. The molecule has 0 unspecified atom stereocenters. The first-order valence-corrected chi connectivity index (χ1v) is 4.21. The Kier molecular flexibility index (Phi) is 3.31. The van der Waals surface area contributed by atoms with Crippen LogP contribution in [-0.2, 0) is 0 Å². The second kappa shape index (κ2) is 4.50. The molecule has 0 spiro atoms. The average molecular weight is 178 g/mol. The van der Waals surface area contributed by atoms with Gasteiger partial charge in [-0.1, -0.05) is 18.2 Å². The van der Waals surface area contributed by atoms with E-state index in [1.165, 1.54) is 0 Å². The fraction of sp³-hybridized carbons (Fsp3) is 0.300. The van der Waals surface area contributed by atoms with Gasteiger partial charge in [0.05, 0.1) is 12.4 Å². The molecule has 0 bridgehead atoms. The second-order valence-electron chi connectivity index (χ2n) is 2.89. The molecule has 0 atom stereocenters. The highest BCUT2D eigenvalue weighted by Crippen LogP contribution is 2.15. The first-order chi connectivity index (χ1) is 6.20. The van der Waals surface area contributed by atoms with Gasteiger partial charge in [0, 0.05) is 6.42 Å². The third kappa shape index (κ3) is 3.15. The van der Waals surface area contributed by atoms with Crippen molar-refractivity contribution in [2.45, 2.75) is 13.3 Å². The summed E-state index contributed by atoms with van der Waals surface area (Å²) in [5.74, 6) is 1.03. The van der Waals surface area contributed by atoms with Crippen molar-refractivity contribution in [2.75, 3.05) is 6.61 Å². The number of amidine groups is 1. The zero-order chi connectivity index (χ0) is 9.68. The topological polar surface area (TPSA) is 59.1 Å². The zero-order valence-electron chi connectivity index (χ0n) is 7.71. The molecule has 3 N–H and O–H groups in total. The molecule has 0 aliphatic rings. The largest absolute Gasteiger partial charge is 0.493 e. The zero-order valence-corrected chi connectivity index (χ0v) is 7.71. The predicted molar refractivity (Wildman–Crippen MR) is 53.2 cm³/mol. The van der Waals surface area contributed by atoms with Gasteiger partial charge in [0.15, 0.2) is 0 Å². The number of para-hydroxylation sites is 1. The Labute approximate surface area is 78.0 Å². The van der Waals surface area contributed by atoms with E-state index in [4.69, 9.17) is 15.9 Å². The molecule has 13 heavy (non-hydrogen) atoms. The van der Waals surface area contributed by atoms with Gasteiger partial charge in [0.1, 0.15) is 5.75 Å². The normalized spacial score (nSPS) is 9.62. The number of nitrogens with one attached hydrogen (secondary N) is 1. The van der Waals surface area contributed by atoms with Crippen molar-refractivity contribution in [2.24, 2.45) is 5.73 Å². The van der Waals surface area contributed by atoms with Crippen LogP contribution in [0, 0.1) is 12.3 Å². The minimum absolute atomic E-state index is 0.161. The first kappa shape index (κ1) is 9.58. The third-order valence-electron chi connectivity index (χ3n) is 1.72. The second-order valence-corrected chi connectivity index (χ2v) is 2.89. The summed E-state index contributed by atoms with van der Waals surface area (Å²) in [6.07, 6.45) is 0.480. The van der Waals surface area contributed by atoms with E-state index in [1.807, 2.05) is 31.2 Å². The maximum Gasteiger partial charge on any atom is 0.122 e. The van der Waals surface area contributed by atoms with Crippen molar-refractivity contribution in [3.63, 3.8) is 0 Å². The Morgan fingerprint density at radius 3 is 2.77 bits per heavy atom. The van der Waals surface area contributed by atoms with Crippen LogP contribution in [0.1, 0.15) is 12.0 Å². The number of ether oxygens (including phenoxy) is 1. The Balaban J connectivity index is 2.45. The van der Waals surface area contributed by atoms with Crippen LogP contribution in [0.5, 0.6) is 5.75 Å². The SMILES string of the molecule is Cc1ccccc1OCCC(=N)N. The molecular formula is C10H14N2O. The maximum absolute atomic E-state index is 7.01. The van der Waals surface area contributed by atoms with E-state index in [0.717, 1.165) is 11.3 Å². The molecule has 0 heterocycles. The number of nitrogens with two attached hydrogens (primary N) is 1. The molecule has 3 heteroatoms. The van der Waals surface area contributed by atoms with E-state index in [0.29, 0.717) is 13.0 Å². The molecule has 0 saturated carbocycles. The van der Waals surface area contributed by atoms with Gasteiger partial charge < -0.3 is 10.5 Å². The van der Waals surface area contributed by atoms with Crippen LogP contribution in [0.2, 0.25) is 0 Å². The lowest BCUT2D eigenvalue weighted by Crippen LogP contribution is -2.13. The van der Waals surface area contributed by atoms with E-state index in [-0.39, 0.29) is 5.84 Å². The fourth-order valence-electron chi connectivity index (χ4n) is 0.989. The van der Waals surface area contributed by atoms with E-state index >= 15 is 0 Å². The molecule has 70 valence electrons. The molecular weight excluding hydrogens is 164 g/mol. The van der Waals surface area contributed by atoms with Crippen LogP contribution in [0.4, 0.5) is 0 Å². The van der Waals surface area contributed by atoms with Gasteiger partial charge >= 0.3 is 0 Å². The molecule has 0 saturated heterocycles. The summed E-state index contributed by atoms with van der Waals surface area (Å²) in [6, 6.07) is 7.79. The minimum Gasteiger partial charge on any atom is -0.493 e. The highest BCUT2D eigenvalue weighted by Gasteiger charge is 1.97. The molecule has 0 aliphatic carbocycles. The number of aryl methyl sites for hydroxylation is 1. The Morgan fingerprint density at radius 2 is 2.15 bits per heavy atom. The van der Waals surface area contributed by atoms with Crippen molar-refractivity contribution >= 4 is 5.84 Å². The highest BCUT2D eigenvalue weighted by atomic mass is 16.5. The summed E-state index contributed by atoms with van der Waals surface area (Å²) < 4.78 is 5.43. The molecule has 1 rings (SSSR count). The third-order valence-corrected chi connectivity index (χ3v) is 1.72. The van der Waals surface area contributed by atoms with Crippen molar-refractivity contribution in [3.05, 3.63) is 29.8 Å². The molecule has 1 aromatic rings. The van der Waals surface area contributed by atoms with Gasteiger partial charge in [-0.25, -0.2) is 0 Å². The summed E-state index contributed by atoms with van der Waals surface area (Å²) in [5, 5.41) is 7.01.